The van der Waals surface area contributed by atoms with Crippen LogP contribution in [0.25, 0.3) is 0 Å². The van der Waals surface area contributed by atoms with Gasteiger partial charge in [-0.1, -0.05) is 6.92 Å². The zero-order valence-corrected chi connectivity index (χ0v) is 10.4. The molecule has 1 rings (SSSR count). The van der Waals surface area contributed by atoms with Crippen LogP contribution in [0.2, 0.25) is 0 Å². The molecule has 14 heavy (non-hydrogen) atoms. The number of hydrogen-bond donors (Lipinski definition) is 2. The first-order chi connectivity index (χ1) is 6.61. The van der Waals surface area contributed by atoms with Crippen molar-refractivity contribution >= 4 is 34.9 Å². The summed E-state index contributed by atoms with van der Waals surface area (Å²) in [6, 6.07) is 2.05. The molecule has 0 aliphatic carbocycles. The topological polar surface area (TPSA) is 52.0 Å². The second-order valence-corrected chi connectivity index (χ2v) is 5.11. The van der Waals surface area contributed by atoms with Crippen molar-refractivity contribution < 1.29 is 0 Å². The largest absolute Gasteiger partial charge is 0.398 e. The molecule has 4 N–H and O–H groups in total. The van der Waals surface area contributed by atoms with E-state index in [1.54, 1.807) is 23.5 Å². The normalized spacial score (nSPS) is 10.5. The third kappa shape index (κ3) is 2.12. The summed E-state index contributed by atoms with van der Waals surface area (Å²) in [4.78, 5) is 2.16. The van der Waals surface area contributed by atoms with Gasteiger partial charge in [0.1, 0.15) is 0 Å². The van der Waals surface area contributed by atoms with Gasteiger partial charge in [0, 0.05) is 4.90 Å². The highest BCUT2D eigenvalue weighted by molar-refractivity contribution is 8.00. The van der Waals surface area contributed by atoms with E-state index in [4.69, 9.17) is 11.5 Å². The highest BCUT2D eigenvalue weighted by Crippen LogP contribution is 2.39. The smallest absolute Gasteiger partial charge is 0.0611 e. The molecule has 0 aliphatic rings. The molecule has 0 spiro atoms. The van der Waals surface area contributed by atoms with Gasteiger partial charge < -0.3 is 11.5 Å². The van der Waals surface area contributed by atoms with Crippen molar-refractivity contribution in [2.45, 2.75) is 23.6 Å². The maximum absolute atomic E-state index is 6.03. The minimum atomic E-state index is 0.826. The molecular formula is C10H16N2S2. The first-order valence-electron chi connectivity index (χ1n) is 4.47. The number of rotatable bonds is 3. The summed E-state index contributed by atoms with van der Waals surface area (Å²) < 4.78 is 0. The van der Waals surface area contributed by atoms with Crippen molar-refractivity contribution in [2.75, 3.05) is 23.5 Å². The van der Waals surface area contributed by atoms with Gasteiger partial charge in [-0.3, -0.25) is 0 Å². The second kappa shape index (κ2) is 4.84. The number of nitrogens with two attached hydrogens (primary N) is 2. The molecule has 78 valence electrons. The lowest BCUT2D eigenvalue weighted by Crippen LogP contribution is -2.00. The Morgan fingerprint density at radius 2 is 1.93 bits per heavy atom. The van der Waals surface area contributed by atoms with Crippen LogP contribution in [0, 0.1) is 6.92 Å². The minimum absolute atomic E-state index is 0.826. The van der Waals surface area contributed by atoms with Gasteiger partial charge in [-0.15, -0.1) is 23.5 Å². The molecular weight excluding hydrogens is 212 g/mol. The molecule has 0 aromatic heterocycles. The van der Waals surface area contributed by atoms with Gasteiger partial charge in [0.25, 0.3) is 0 Å². The maximum atomic E-state index is 6.03. The average molecular weight is 228 g/mol. The summed E-state index contributed by atoms with van der Waals surface area (Å²) in [6.07, 6.45) is 2.03. The number of hydrogen-bond acceptors (Lipinski definition) is 4. The fourth-order valence-electron chi connectivity index (χ4n) is 1.26. The second-order valence-electron chi connectivity index (χ2n) is 2.99. The lowest BCUT2D eigenvalue weighted by molar-refractivity contribution is 1.28. The summed E-state index contributed by atoms with van der Waals surface area (Å²) in [7, 11) is 0. The van der Waals surface area contributed by atoms with Gasteiger partial charge in [0.2, 0.25) is 0 Å². The van der Waals surface area contributed by atoms with Crippen molar-refractivity contribution in [2.24, 2.45) is 0 Å². The van der Waals surface area contributed by atoms with Crippen molar-refractivity contribution in [3.05, 3.63) is 11.6 Å². The lowest BCUT2D eigenvalue weighted by Gasteiger charge is -2.13. The Bertz CT molecular complexity index is 337. The molecule has 0 radical (unpaired) electrons. The maximum Gasteiger partial charge on any atom is 0.0611 e. The molecule has 0 fully saturated rings. The van der Waals surface area contributed by atoms with Gasteiger partial charge >= 0.3 is 0 Å². The number of aryl methyl sites for hydroxylation is 1. The SMILES string of the molecule is CCSc1c(N)c(C)cc(SC)c1N. The van der Waals surface area contributed by atoms with Crippen LogP contribution in [0.15, 0.2) is 15.9 Å². The Hall–Kier alpha value is -0.480. The monoisotopic (exact) mass is 228 g/mol. The molecule has 0 unspecified atom stereocenters. The van der Waals surface area contributed by atoms with E-state index >= 15 is 0 Å². The first-order valence-corrected chi connectivity index (χ1v) is 6.68. The van der Waals surface area contributed by atoms with Crippen LogP contribution in [0.3, 0.4) is 0 Å². The fourth-order valence-corrected chi connectivity index (χ4v) is 2.81. The van der Waals surface area contributed by atoms with Crippen molar-refractivity contribution in [3.63, 3.8) is 0 Å². The van der Waals surface area contributed by atoms with Gasteiger partial charge in [-0.05, 0) is 30.6 Å². The summed E-state index contributed by atoms with van der Waals surface area (Å²) in [5.41, 5.74) is 14.8. The van der Waals surface area contributed by atoms with E-state index in [-0.39, 0.29) is 0 Å². The molecule has 0 amide bonds. The number of thioether (sulfide) groups is 2. The van der Waals surface area contributed by atoms with Crippen molar-refractivity contribution in [1.29, 1.82) is 0 Å². The highest BCUT2D eigenvalue weighted by Gasteiger charge is 2.11. The summed E-state index contributed by atoms with van der Waals surface area (Å²) in [5.74, 6) is 0.992. The van der Waals surface area contributed by atoms with E-state index in [0.717, 1.165) is 32.5 Å². The Kier molecular flexibility index (Phi) is 4.01. The molecule has 0 atom stereocenters. The molecule has 4 heteroatoms. The lowest BCUT2D eigenvalue weighted by atomic mass is 10.2. The average Bonchev–Trinajstić information content (AvgIpc) is 2.18. The number of nitrogen functional groups attached to an aromatic ring is 2. The minimum Gasteiger partial charge on any atom is -0.398 e. The van der Waals surface area contributed by atoms with E-state index in [9.17, 15) is 0 Å². The fraction of sp³-hybridized carbons (Fsp3) is 0.400. The number of anilines is 2. The molecule has 0 saturated carbocycles. The molecule has 1 aromatic carbocycles. The van der Waals surface area contributed by atoms with Gasteiger partial charge in [-0.25, -0.2) is 0 Å². The third-order valence-electron chi connectivity index (χ3n) is 2.04. The zero-order chi connectivity index (χ0) is 10.7. The Balaban J connectivity index is 3.29. The van der Waals surface area contributed by atoms with Crippen LogP contribution in [-0.2, 0) is 0 Å². The highest BCUT2D eigenvalue weighted by atomic mass is 32.2. The van der Waals surface area contributed by atoms with E-state index in [1.165, 1.54) is 0 Å². The van der Waals surface area contributed by atoms with Crippen molar-refractivity contribution in [1.82, 2.24) is 0 Å². The molecule has 0 aliphatic heterocycles. The van der Waals surface area contributed by atoms with Crippen LogP contribution < -0.4 is 11.5 Å². The summed E-state index contributed by atoms with van der Waals surface area (Å²) in [6.45, 7) is 4.12. The van der Waals surface area contributed by atoms with E-state index in [2.05, 4.69) is 13.0 Å². The molecule has 1 aromatic rings. The summed E-state index contributed by atoms with van der Waals surface area (Å²) >= 11 is 3.37. The molecule has 2 nitrogen and oxygen atoms in total. The van der Waals surface area contributed by atoms with Gasteiger partial charge in [0.05, 0.1) is 16.3 Å². The third-order valence-corrected chi connectivity index (χ3v) is 3.83. The summed E-state index contributed by atoms with van der Waals surface area (Å²) in [5, 5.41) is 0. The molecule has 0 bridgehead atoms. The standard InChI is InChI=1S/C10H16N2S2/c1-4-14-10-8(11)6(2)5-7(13-3)9(10)12/h5H,4,11-12H2,1-3H3. The van der Waals surface area contributed by atoms with E-state index in [1.807, 2.05) is 13.2 Å². The predicted octanol–water partition coefficient (Wildman–Crippen LogP) is 2.99. The van der Waals surface area contributed by atoms with Gasteiger partial charge in [0.15, 0.2) is 0 Å². The number of benzene rings is 1. The quantitative estimate of drug-likeness (QED) is 0.617. The van der Waals surface area contributed by atoms with Gasteiger partial charge in [-0.2, -0.15) is 0 Å². The molecule has 0 saturated heterocycles. The predicted molar refractivity (Wildman–Crippen MR) is 68.2 cm³/mol. The zero-order valence-electron chi connectivity index (χ0n) is 8.76. The molecule has 0 heterocycles. The van der Waals surface area contributed by atoms with Crippen LogP contribution in [0.1, 0.15) is 12.5 Å². The van der Waals surface area contributed by atoms with Crippen LogP contribution >= 0.6 is 23.5 Å². The first kappa shape index (κ1) is 11.6. The van der Waals surface area contributed by atoms with E-state index in [0.29, 0.717) is 0 Å². The van der Waals surface area contributed by atoms with Crippen LogP contribution in [0.4, 0.5) is 11.4 Å². The van der Waals surface area contributed by atoms with Crippen LogP contribution in [-0.4, -0.2) is 12.0 Å². The van der Waals surface area contributed by atoms with Crippen molar-refractivity contribution in [3.8, 4) is 0 Å². The Morgan fingerprint density at radius 1 is 1.29 bits per heavy atom. The Labute approximate surface area is 93.8 Å². The van der Waals surface area contributed by atoms with E-state index < -0.39 is 0 Å². The van der Waals surface area contributed by atoms with Crippen LogP contribution in [0.5, 0.6) is 0 Å². The Morgan fingerprint density at radius 3 is 2.43 bits per heavy atom.